The first-order valence-electron chi connectivity index (χ1n) is 7.35. The highest BCUT2D eigenvalue weighted by Gasteiger charge is 2.38. The molecule has 100 valence electrons. The third-order valence-corrected chi connectivity index (χ3v) is 4.28. The lowest BCUT2D eigenvalue weighted by atomic mass is 9.91. The van der Waals surface area contributed by atoms with Crippen LogP contribution in [-0.4, -0.2) is 48.1 Å². The van der Waals surface area contributed by atoms with Crippen LogP contribution in [0.1, 0.15) is 47.5 Å². The number of fused-ring (bicyclic) bond motifs is 1. The molecule has 0 aromatic carbocycles. The van der Waals surface area contributed by atoms with Crippen LogP contribution in [0.5, 0.6) is 0 Å². The molecule has 2 unspecified atom stereocenters. The van der Waals surface area contributed by atoms with Gasteiger partial charge >= 0.3 is 0 Å². The van der Waals surface area contributed by atoms with Crippen molar-refractivity contribution < 1.29 is 0 Å². The lowest BCUT2D eigenvalue weighted by molar-refractivity contribution is 0.00985. The van der Waals surface area contributed by atoms with Crippen molar-refractivity contribution in [1.29, 1.82) is 0 Å². The van der Waals surface area contributed by atoms with Crippen molar-refractivity contribution in [3.05, 3.63) is 0 Å². The van der Waals surface area contributed by atoms with Gasteiger partial charge in [-0.05, 0) is 30.7 Å². The van der Waals surface area contributed by atoms with Gasteiger partial charge in [-0.25, -0.2) is 0 Å². The number of hydrogen-bond donors (Lipinski definition) is 0. The van der Waals surface area contributed by atoms with Gasteiger partial charge in [0, 0.05) is 31.7 Å². The van der Waals surface area contributed by atoms with Crippen LogP contribution < -0.4 is 0 Å². The van der Waals surface area contributed by atoms with Crippen molar-refractivity contribution in [1.82, 2.24) is 9.80 Å². The zero-order chi connectivity index (χ0) is 12.6. The number of rotatable bonds is 2. The Labute approximate surface area is 107 Å². The van der Waals surface area contributed by atoms with Crippen LogP contribution in [0.2, 0.25) is 0 Å². The summed E-state index contributed by atoms with van der Waals surface area (Å²) in [6.07, 6.45) is 2.84. The molecule has 2 aliphatic heterocycles. The lowest BCUT2D eigenvalue weighted by Gasteiger charge is -2.47. The summed E-state index contributed by atoms with van der Waals surface area (Å²) in [5.74, 6) is 0.777. The second-order valence-electron chi connectivity index (χ2n) is 7.59. The third kappa shape index (κ3) is 3.23. The molecule has 0 saturated carbocycles. The van der Waals surface area contributed by atoms with Gasteiger partial charge in [-0.3, -0.25) is 9.80 Å². The van der Waals surface area contributed by atoms with E-state index in [1.165, 1.54) is 39.0 Å². The standard InChI is InChI=1S/C15H30N2/c1-12(2)14-10-16-8-6-7-13(16)9-17(14)11-15(3,4)5/h12-14H,6-11H2,1-5H3. The van der Waals surface area contributed by atoms with Crippen molar-refractivity contribution in [3.63, 3.8) is 0 Å². The summed E-state index contributed by atoms with van der Waals surface area (Å²) in [4.78, 5) is 5.51. The van der Waals surface area contributed by atoms with E-state index in [9.17, 15) is 0 Å². The Hall–Kier alpha value is -0.0800. The molecule has 0 radical (unpaired) electrons. The summed E-state index contributed by atoms with van der Waals surface area (Å²) in [5.41, 5.74) is 0.425. The molecule has 0 N–H and O–H groups in total. The Morgan fingerprint density at radius 3 is 2.47 bits per heavy atom. The molecule has 2 heterocycles. The maximum atomic E-state index is 2.77. The van der Waals surface area contributed by atoms with Gasteiger partial charge in [-0.15, -0.1) is 0 Å². The second kappa shape index (κ2) is 4.89. The maximum Gasteiger partial charge on any atom is 0.0247 e. The average Bonchev–Trinajstić information content (AvgIpc) is 2.60. The Morgan fingerprint density at radius 1 is 1.18 bits per heavy atom. The topological polar surface area (TPSA) is 6.48 Å². The SMILES string of the molecule is CC(C)C1CN2CCCC2CN1CC(C)(C)C. The highest BCUT2D eigenvalue weighted by atomic mass is 15.3. The largest absolute Gasteiger partial charge is 0.298 e. The first kappa shape index (κ1) is 13.4. The van der Waals surface area contributed by atoms with Crippen LogP contribution in [0.3, 0.4) is 0 Å². The van der Waals surface area contributed by atoms with Gasteiger partial charge in [0.05, 0.1) is 0 Å². The minimum absolute atomic E-state index is 0.425. The minimum Gasteiger partial charge on any atom is -0.298 e. The van der Waals surface area contributed by atoms with Gasteiger partial charge in [-0.1, -0.05) is 34.6 Å². The summed E-state index contributed by atoms with van der Waals surface area (Å²) in [6, 6.07) is 1.62. The first-order chi connectivity index (χ1) is 7.87. The lowest BCUT2D eigenvalue weighted by Crippen LogP contribution is -2.59. The molecular weight excluding hydrogens is 208 g/mol. The molecule has 2 saturated heterocycles. The molecule has 0 bridgehead atoms. The Balaban J connectivity index is 2.05. The molecule has 0 aromatic heterocycles. The van der Waals surface area contributed by atoms with Crippen LogP contribution in [0.15, 0.2) is 0 Å². The summed E-state index contributed by atoms with van der Waals surface area (Å²) in [6.45, 7) is 17.1. The van der Waals surface area contributed by atoms with Crippen LogP contribution in [-0.2, 0) is 0 Å². The quantitative estimate of drug-likeness (QED) is 0.730. The van der Waals surface area contributed by atoms with E-state index in [4.69, 9.17) is 0 Å². The maximum absolute atomic E-state index is 2.77. The van der Waals surface area contributed by atoms with E-state index >= 15 is 0 Å². The fraction of sp³-hybridized carbons (Fsp3) is 1.00. The molecule has 17 heavy (non-hydrogen) atoms. The van der Waals surface area contributed by atoms with Crippen molar-refractivity contribution in [3.8, 4) is 0 Å². The number of nitrogens with zero attached hydrogens (tertiary/aromatic N) is 2. The molecule has 2 rings (SSSR count). The van der Waals surface area contributed by atoms with E-state index in [1.807, 2.05) is 0 Å². The Bertz CT molecular complexity index is 254. The summed E-state index contributed by atoms with van der Waals surface area (Å²) >= 11 is 0. The summed E-state index contributed by atoms with van der Waals surface area (Å²) < 4.78 is 0. The highest BCUT2D eigenvalue weighted by Crippen LogP contribution is 2.29. The predicted octanol–water partition coefficient (Wildman–Crippen LogP) is 2.84. The Kier molecular flexibility index (Phi) is 3.84. The molecule has 2 nitrogen and oxygen atoms in total. The van der Waals surface area contributed by atoms with E-state index < -0.39 is 0 Å². The fourth-order valence-corrected chi connectivity index (χ4v) is 3.53. The zero-order valence-corrected chi connectivity index (χ0v) is 12.4. The van der Waals surface area contributed by atoms with E-state index in [2.05, 4.69) is 44.4 Å². The van der Waals surface area contributed by atoms with Crippen LogP contribution >= 0.6 is 0 Å². The van der Waals surface area contributed by atoms with Crippen molar-refractivity contribution >= 4 is 0 Å². The molecule has 2 atom stereocenters. The second-order valence-corrected chi connectivity index (χ2v) is 7.59. The van der Waals surface area contributed by atoms with Gasteiger partial charge in [0.25, 0.3) is 0 Å². The summed E-state index contributed by atoms with van der Waals surface area (Å²) in [7, 11) is 0. The van der Waals surface area contributed by atoms with Crippen LogP contribution in [0, 0.1) is 11.3 Å². The van der Waals surface area contributed by atoms with E-state index in [1.54, 1.807) is 0 Å². The van der Waals surface area contributed by atoms with E-state index in [-0.39, 0.29) is 0 Å². The molecule has 2 heteroatoms. The number of piperazine rings is 1. The highest BCUT2D eigenvalue weighted by molar-refractivity contribution is 4.94. The van der Waals surface area contributed by atoms with Gasteiger partial charge in [-0.2, -0.15) is 0 Å². The van der Waals surface area contributed by atoms with E-state index in [0.29, 0.717) is 5.41 Å². The van der Waals surface area contributed by atoms with Crippen LogP contribution in [0.4, 0.5) is 0 Å². The smallest absolute Gasteiger partial charge is 0.0247 e. The normalized spacial score (nSPS) is 32.1. The van der Waals surface area contributed by atoms with E-state index in [0.717, 1.165) is 18.0 Å². The molecule has 0 aromatic rings. The van der Waals surface area contributed by atoms with Crippen LogP contribution in [0.25, 0.3) is 0 Å². The summed E-state index contributed by atoms with van der Waals surface area (Å²) in [5, 5.41) is 0. The monoisotopic (exact) mass is 238 g/mol. The fourth-order valence-electron chi connectivity index (χ4n) is 3.53. The molecule has 2 fully saturated rings. The molecule has 0 aliphatic carbocycles. The molecule has 0 spiro atoms. The Morgan fingerprint density at radius 2 is 1.88 bits per heavy atom. The number of hydrogen-bond acceptors (Lipinski definition) is 2. The van der Waals surface area contributed by atoms with Gasteiger partial charge in [0.2, 0.25) is 0 Å². The molecular formula is C15H30N2. The first-order valence-corrected chi connectivity index (χ1v) is 7.35. The van der Waals surface area contributed by atoms with Crippen molar-refractivity contribution in [2.24, 2.45) is 11.3 Å². The van der Waals surface area contributed by atoms with Gasteiger partial charge in [0.1, 0.15) is 0 Å². The van der Waals surface area contributed by atoms with Crippen molar-refractivity contribution in [2.45, 2.75) is 59.5 Å². The third-order valence-electron chi connectivity index (χ3n) is 4.28. The molecule has 0 amide bonds. The van der Waals surface area contributed by atoms with Gasteiger partial charge < -0.3 is 0 Å². The predicted molar refractivity (Wildman–Crippen MR) is 74.2 cm³/mol. The average molecular weight is 238 g/mol. The van der Waals surface area contributed by atoms with Gasteiger partial charge in [0.15, 0.2) is 0 Å². The molecule has 2 aliphatic rings. The van der Waals surface area contributed by atoms with Crippen molar-refractivity contribution in [2.75, 3.05) is 26.2 Å². The minimum atomic E-state index is 0.425. The zero-order valence-electron chi connectivity index (χ0n) is 12.4.